The Morgan fingerprint density at radius 3 is 1.23 bits per heavy atom. The van der Waals surface area contributed by atoms with Gasteiger partial charge in [-0.05, 0) is 0 Å². The highest BCUT2D eigenvalue weighted by molar-refractivity contribution is 4.42. The van der Waals surface area contributed by atoms with Crippen molar-refractivity contribution in [2.75, 3.05) is 39.5 Å². The molecule has 0 aliphatic carbocycles. The quantitative estimate of drug-likeness (QED) is 0.215. The van der Waals surface area contributed by atoms with Gasteiger partial charge in [-0.1, -0.05) is 0 Å². The second kappa shape index (κ2) is 9.81. The Bertz CT molecular complexity index is 86.9. The van der Waals surface area contributed by atoms with E-state index in [2.05, 4.69) is 16.3 Å². The predicted octanol–water partition coefficient (Wildman–Crippen LogP) is -3.22. The molecule has 0 atom stereocenters. The van der Waals surface area contributed by atoms with E-state index < -0.39 is 0 Å². The molecule has 0 bridgehead atoms. The molecule has 0 aromatic carbocycles. The average Bonchev–Trinajstić information content (AvgIpc) is 2.17. The van der Waals surface area contributed by atoms with Crippen molar-refractivity contribution >= 4 is 0 Å². The van der Waals surface area contributed by atoms with Gasteiger partial charge < -0.3 is 15.3 Å². The average molecular weight is 194 g/mol. The summed E-state index contributed by atoms with van der Waals surface area (Å²) in [7, 11) is 0. The molecular weight excluding hydrogens is 176 g/mol. The standard InChI is InChI=1S/C6H18N4O3/c11-4-1-7-10(8-2-5-12)9-3-6-13/h7-9,11-13H,1-6H2. The second-order valence-corrected chi connectivity index (χ2v) is 2.23. The number of aliphatic hydroxyl groups excluding tert-OH is 3. The Labute approximate surface area is 77.3 Å². The van der Waals surface area contributed by atoms with Gasteiger partial charge in [0.25, 0.3) is 0 Å². The molecule has 80 valence electrons. The van der Waals surface area contributed by atoms with Crippen LogP contribution in [-0.4, -0.2) is 60.0 Å². The molecule has 0 fully saturated rings. The van der Waals surface area contributed by atoms with Gasteiger partial charge in [0, 0.05) is 19.6 Å². The van der Waals surface area contributed by atoms with Crippen LogP contribution in [-0.2, 0) is 0 Å². The lowest BCUT2D eigenvalue weighted by atomic mass is 10.7. The first-order valence-electron chi connectivity index (χ1n) is 4.18. The van der Waals surface area contributed by atoms with Crippen LogP contribution in [0.25, 0.3) is 0 Å². The van der Waals surface area contributed by atoms with Crippen molar-refractivity contribution in [2.45, 2.75) is 0 Å². The Morgan fingerprint density at radius 2 is 1.00 bits per heavy atom. The highest BCUT2D eigenvalue weighted by Gasteiger charge is 1.99. The fraction of sp³-hybridized carbons (Fsp3) is 1.00. The van der Waals surface area contributed by atoms with Crippen molar-refractivity contribution in [3.8, 4) is 0 Å². The van der Waals surface area contributed by atoms with Crippen molar-refractivity contribution in [3.05, 3.63) is 0 Å². The minimum Gasteiger partial charge on any atom is -0.395 e. The molecule has 7 nitrogen and oxygen atoms in total. The predicted molar refractivity (Wildman–Crippen MR) is 47.1 cm³/mol. The molecule has 6 N–H and O–H groups in total. The fourth-order valence-electron chi connectivity index (χ4n) is 0.653. The third kappa shape index (κ3) is 8.06. The highest BCUT2D eigenvalue weighted by Crippen LogP contribution is 1.68. The Balaban J connectivity index is 3.47. The second-order valence-electron chi connectivity index (χ2n) is 2.23. The first-order valence-corrected chi connectivity index (χ1v) is 4.18. The smallest absolute Gasteiger partial charge is 0.0571 e. The van der Waals surface area contributed by atoms with Gasteiger partial charge in [-0.15, -0.1) is 5.23 Å². The van der Waals surface area contributed by atoms with Crippen LogP contribution < -0.4 is 16.3 Å². The largest absolute Gasteiger partial charge is 0.395 e. The first-order chi connectivity index (χ1) is 6.35. The van der Waals surface area contributed by atoms with Gasteiger partial charge in [0.05, 0.1) is 19.8 Å². The number of hydrogen-bond donors (Lipinski definition) is 6. The lowest BCUT2D eigenvalue weighted by Gasteiger charge is -2.23. The van der Waals surface area contributed by atoms with E-state index in [1.54, 1.807) is 0 Å². The summed E-state index contributed by atoms with van der Waals surface area (Å²) in [6.45, 7) is 1.19. The van der Waals surface area contributed by atoms with Gasteiger partial charge in [-0.2, -0.15) is 0 Å². The third-order valence-corrected chi connectivity index (χ3v) is 1.15. The zero-order valence-corrected chi connectivity index (χ0v) is 7.53. The Hall–Kier alpha value is -0.280. The topological polar surface area (TPSA) is 100 Å². The maximum atomic E-state index is 8.52. The minimum atomic E-state index is 0.0120. The summed E-state index contributed by atoms with van der Waals surface area (Å²) in [6.07, 6.45) is 0. The summed E-state index contributed by atoms with van der Waals surface area (Å²) < 4.78 is 0. The van der Waals surface area contributed by atoms with E-state index in [0.717, 1.165) is 0 Å². The SMILES string of the molecule is OCCNN(NCCO)NCCO. The molecule has 0 amide bonds. The van der Waals surface area contributed by atoms with E-state index in [4.69, 9.17) is 15.3 Å². The molecule has 0 saturated heterocycles. The Kier molecular flexibility index (Phi) is 9.59. The maximum Gasteiger partial charge on any atom is 0.0571 e. The van der Waals surface area contributed by atoms with E-state index in [0.29, 0.717) is 19.6 Å². The molecule has 0 saturated carbocycles. The summed E-state index contributed by atoms with van der Waals surface area (Å²) in [6, 6.07) is 0. The molecule has 0 heterocycles. The molecule has 0 aliphatic heterocycles. The van der Waals surface area contributed by atoms with Crippen molar-refractivity contribution < 1.29 is 15.3 Å². The molecule has 13 heavy (non-hydrogen) atoms. The normalized spacial score (nSPS) is 11.1. The summed E-state index contributed by atoms with van der Waals surface area (Å²) in [5.74, 6) is 0. The van der Waals surface area contributed by atoms with Crippen molar-refractivity contribution in [3.63, 3.8) is 0 Å². The van der Waals surface area contributed by atoms with E-state index in [-0.39, 0.29) is 19.8 Å². The first kappa shape index (κ1) is 12.7. The number of hydrazine groups is 3. The van der Waals surface area contributed by atoms with Gasteiger partial charge >= 0.3 is 0 Å². The van der Waals surface area contributed by atoms with Crippen LogP contribution >= 0.6 is 0 Å². The van der Waals surface area contributed by atoms with Gasteiger partial charge in [-0.3, -0.25) is 0 Å². The minimum absolute atomic E-state index is 0.0120. The van der Waals surface area contributed by atoms with Crippen LogP contribution in [0.5, 0.6) is 0 Å². The van der Waals surface area contributed by atoms with Crippen LogP contribution in [0.4, 0.5) is 0 Å². The van der Waals surface area contributed by atoms with Crippen molar-refractivity contribution in [2.24, 2.45) is 0 Å². The van der Waals surface area contributed by atoms with Gasteiger partial charge in [0.2, 0.25) is 0 Å². The number of nitrogens with one attached hydrogen (secondary N) is 3. The maximum absolute atomic E-state index is 8.52. The van der Waals surface area contributed by atoms with Crippen LogP contribution in [0.15, 0.2) is 0 Å². The highest BCUT2D eigenvalue weighted by atomic mass is 16.3. The molecule has 0 spiro atoms. The number of rotatable bonds is 9. The zero-order chi connectivity index (χ0) is 9.94. The fourth-order valence-corrected chi connectivity index (χ4v) is 0.653. The summed E-state index contributed by atoms with van der Waals surface area (Å²) in [4.78, 5) is 0. The number of hydrogen-bond acceptors (Lipinski definition) is 7. The zero-order valence-electron chi connectivity index (χ0n) is 7.53. The van der Waals surface area contributed by atoms with E-state index in [9.17, 15) is 0 Å². The van der Waals surface area contributed by atoms with Crippen LogP contribution in [0.1, 0.15) is 0 Å². The molecule has 0 rings (SSSR count). The van der Waals surface area contributed by atoms with Gasteiger partial charge in [0.15, 0.2) is 0 Å². The van der Waals surface area contributed by atoms with Crippen molar-refractivity contribution in [1.82, 2.24) is 21.5 Å². The van der Waals surface area contributed by atoms with Crippen molar-refractivity contribution in [1.29, 1.82) is 0 Å². The molecule has 0 aromatic heterocycles. The molecule has 0 radical (unpaired) electrons. The number of aliphatic hydroxyl groups is 3. The summed E-state index contributed by atoms with van der Waals surface area (Å²) >= 11 is 0. The molecule has 0 aliphatic rings. The lowest BCUT2D eigenvalue weighted by Crippen LogP contribution is -2.58. The van der Waals surface area contributed by atoms with Crippen LogP contribution in [0, 0.1) is 0 Å². The van der Waals surface area contributed by atoms with Gasteiger partial charge in [-0.25, -0.2) is 16.3 Å². The summed E-state index contributed by atoms with van der Waals surface area (Å²) in [5.41, 5.74) is 8.33. The van der Waals surface area contributed by atoms with E-state index >= 15 is 0 Å². The lowest BCUT2D eigenvalue weighted by molar-refractivity contribution is 0.0287. The van der Waals surface area contributed by atoms with Crippen LogP contribution in [0.2, 0.25) is 0 Å². The Morgan fingerprint density at radius 1 is 0.692 bits per heavy atom. The summed E-state index contributed by atoms with van der Waals surface area (Å²) in [5, 5.41) is 27.0. The van der Waals surface area contributed by atoms with Crippen LogP contribution in [0.3, 0.4) is 0 Å². The van der Waals surface area contributed by atoms with E-state index in [1.165, 1.54) is 5.23 Å². The third-order valence-electron chi connectivity index (χ3n) is 1.15. The number of nitrogens with zero attached hydrogens (tertiary/aromatic N) is 1. The van der Waals surface area contributed by atoms with E-state index in [1.807, 2.05) is 0 Å². The molecule has 0 aromatic rings. The molecule has 0 unspecified atom stereocenters. The molecule has 7 heteroatoms. The monoisotopic (exact) mass is 194 g/mol. The van der Waals surface area contributed by atoms with Gasteiger partial charge in [0.1, 0.15) is 0 Å². The molecular formula is C6H18N4O3.